The average Bonchev–Trinajstić information content (AvgIpc) is 3.41. The van der Waals surface area contributed by atoms with Crippen LogP contribution in [0.5, 0.6) is 0 Å². The zero-order valence-corrected chi connectivity index (χ0v) is 51.1. The third-order valence-electron chi connectivity index (χ3n) is 15.8. The van der Waals surface area contributed by atoms with E-state index in [1.807, 2.05) is 0 Å². The minimum Gasteiger partial charge on any atom is -0.462 e. The van der Waals surface area contributed by atoms with Crippen molar-refractivity contribution in [1.82, 2.24) is 0 Å². The van der Waals surface area contributed by atoms with Gasteiger partial charge in [0, 0.05) is 19.3 Å². The van der Waals surface area contributed by atoms with Crippen molar-refractivity contribution in [2.75, 3.05) is 13.2 Å². The first-order valence-corrected chi connectivity index (χ1v) is 34.2. The molecule has 0 aromatic rings. The zero-order valence-electron chi connectivity index (χ0n) is 51.1. The molecule has 444 valence electrons. The normalized spacial score (nSPS) is 12.0. The number of esters is 3. The number of allylic oxidation sites excluding steroid dienone is 2. The van der Waals surface area contributed by atoms with Crippen molar-refractivity contribution in [3.63, 3.8) is 0 Å². The highest BCUT2D eigenvalue weighted by Crippen LogP contribution is 2.19. The van der Waals surface area contributed by atoms with Crippen LogP contribution < -0.4 is 0 Å². The molecule has 0 saturated heterocycles. The van der Waals surface area contributed by atoms with Crippen molar-refractivity contribution in [3.05, 3.63) is 12.2 Å². The van der Waals surface area contributed by atoms with Crippen molar-refractivity contribution in [2.24, 2.45) is 0 Å². The fraction of sp³-hybridized carbons (Fsp3) is 0.928. The van der Waals surface area contributed by atoms with Crippen LogP contribution in [0.15, 0.2) is 12.2 Å². The molecule has 75 heavy (non-hydrogen) atoms. The first kappa shape index (κ1) is 73.2. The summed E-state index contributed by atoms with van der Waals surface area (Å²) >= 11 is 0. The van der Waals surface area contributed by atoms with Gasteiger partial charge in [0.2, 0.25) is 0 Å². The Morgan fingerprint density at radius 1 is 0.253 bits per heavy atom. The molecule has 0 aliphatic heterocycles. The van der Waals surface area contributed by atoms with Crippen LogP contribution in [0.2, 0.25) is 0 Å². The number of carbonyl (C=O) groups is 3. The maximum atomic E-state index is 12.9. The van der Waals surface area contributed by atoms with Crippen molar-refractivity contribution in [2.45, 2.75) is 399 Å². The molecule has 6 heteroatoms. The zero-order chi connectivity index (χ0) is 54.3. The molecule has 0 aliphatic carbocycles. The highest BCUT2D eigenvalue weighted by molar-refractivity contribution is 5.71. The van der Waals surface area contributed by atoms with E-state index < -0.39 is 6.10 Å². The van der Waals surface area contributed by atoms with Gasteiger partial charge in [-0.3, -0.25) is 14.4 Å². The molecule has 0 bridgehead atoms. The van der Waals surface area contributed by atoms with Crippen LogP contribution in [0.3, 0.4) is 0 Å². The molecule has 1 unspecified atom stereocenters. The second kappa shape index (κ2) is 64.7. The number of hydrogen-bond donors (Lipinski definition) is 0. The maximum absolute atomic E-state index is 12.9. The number of carbonyl (C=O) groups excluding carboxylic acids is 3. The number of rotatable bonds is 64. The Bertz CT molecular complexity index is 1170. The highest BCUT2D eigenvalue weighted by Gasteiger charge is 2.19. The fourth-order valence-corrected chi connectivity index (χ4v) is 10.6. The molecule has 6 nitrogen and oxygen atoms in total. The van der Waals surface area contributed by atoms with Crippen molar-refractivity contribution in [1.29, 1.82) is 0 Å². The Morgan fingerprint density at radius 3 is 0.667 bits per heavy atom. The molecular formula is C69H132O6. The quantitative estimate of drug-likeness (QED) is 0.0261. The van der Waals surface area contributed by atoms with Crippen molar-refractivity contribution >= 4 is 17.9 Å². The molecule has 0 amide bonds. The van der Waals surface area contributed by atoms with Crippen LogP contribution in [0, 0.1) is 0 Å². The number of unbranched alkanes of at least 4 members (excludes halogenated alkanes) is 51. The standard InChI is InChI=1S/C69H132O6/c1-4-7-10-13-16-19-22-25-27-29-31-33-34-36-37-39-41-44-47-50-53-56-59-62-68(71)74-65-66(64-73-67(70)61-58-55-52-49-46-43-24-21-18-15-12-9-6-3)75-69(72)63-60-57-54-51-48-45-42-40-38-35-32-30-28-26-23-20-17-14-11-8-5-2/h30,32,66H,4-29,31,33-65H2,1-3H3/b32-30-. The number of hydrogen-bond acceptors (Lipinski definition) is 6. The van der Waals surface area contributed by atoms with Gasteiger partial charge < -0.3 is 14.2 Å². The third kappa shape index (κ3) is 62.9. The largest absolute Gasteiger partial charge is 0.462 e. The van der Waals surface area contributed by atoms with Gasteiger partial charge in [-0.05, 0) is 44.9 Å². The Morgan fingerprint density at radius 2 is 0.440 bits per heavy atom. The monoisotopic (exact) mass is 1060 g/mol. The van der Waals surface area contributed by atoms with Crippen molar-refractivity contribution < 1.29 is 28.6 Å². The molecule has 0 rings (SSSR count). The van der Waals surface area contributed by atoms with Gasteiger partial charge in [0.25, 0.3) is 0 Å². The average molecular weight is 1060 g/mol. The minimum atomic E-state index is -0.767. The van der Waals surface area contributed by atoms with E-state index in [9.17, 15) is 14.4 Å². The molecular weight excluding hydrogens is 925 g/mol. The van der Waals surface area contributed by atoms with E-state index in [4.69, 9.17) is 14.2 Å². The van der Waals surface area contributed by atoms with Crippen LogP contribution in [0.1, 0.15) is 393 Å². The molecule has 0 aromatic carbocycles. The van der Waals surface area contributed by atoms with Gasteiger partial charge in [0.05, 0.1) is 0 Å². The SMILES string of the molecule is CCCCCCCCCC/C=C\CCCCCCCCCCCC(=O)OC(COC(=O)CCCCCCCCCCCCCCC)COC(=O)CCCCCCCCCCCCCCCCCCCCCCCCC. The van der Waals surface area contributed by atoms with E-state index in [1.54, 1.807) is 0 Å². The second-order valence-electron chi connectivity index (χ2n) is 23.5. The lowest BCUT2D eigenvalue weighted by Crippen LogP contribution is -2.30. The Kier molecular flexibility index (Phi) is 63.1. The third-order valence-corrected chi connectivity index (χ3v) is 15.8. The van der Waals surface area contributed by atoms with Crippen LogP contribution >= 0.6 is 0 Å². The summed E-state index contributed by atoms with van der Waals surface area (Å²) in [5.41, 5.74) is 0. The Balaban J connectivity index is 4.23. The van der Waals surface area contributed by atoms with E-state index in [-0.39, 0.29) is 31.1 Å². The molecule has 0 spiro atoms. The Labute approximate surface area is 469 Å². The predicted molar refractivity (Wildman–Crippen MR) is 326 cm³/mol. The summed E-state index contributed by atoms with van der Waals surface area (Å²) in [4.78, 5) is 38.4. The van der Waals surface area contributed by atoms with E-state index >= 15 is 0 Å². The number of ether oxygens (including phenoxy) is 3. The lowest BCUT2D eigenvalue weighted by atomic mass is 10.0. The summed E-state index contributed by atoms with van der Waals surface area (Å²) in [6, 6.07) is 0. The summed E-state index contributed by atoms with van der Waals surface area (Å²) in [5.74, 6) is -0.832. The van der Waals surface area contributed by atoms with Gasteiger partial charge in [0.1, 0.15) is 13.2 Å². The second-order valence-corrected chi connectivity index (χ2v) is 23.5. The van der Waals surface area contributed by atoms with E-state index in [2.05, 4.69) is 32.9 Å². The van der Waals surface area contributed by atoms with Crippen LogP contribution in [-0.4, -0.2) is 37.2 Å². The molecule has 0 saturated carbocycles. The maximum Gasteiger partial charge on any atom is 0.306 e. The molecule has 0 N–H and O–H groups in total. The smallest absolute Gasteiger partial charge is 0.306 e. The minimum absolute atomic E-state index is 0.0639. The lowest BCUT2D eigenvalue weighted by molar-refractivity contribution is -0.167. The lowest BCUT2D eigenvalue weighted by Gasteiger charge is -2.18. The summed E-state index contributed by atoms with van der Waals surface area (Å²) in [5, 5.41) is 0. The van der Waals surface area contributed by atoms with E-state index in [1.165, 1.54) is 295 Å². The van der Waals surface area contributed by atoms with Gasteiger partial charge in [-0.15, -0.1) is 0 Å². The van der Waals surface area contributed by atoms with Gasteiger partial charge >= 0.3 is 17.9 Å². The van der Waals surface area contributed by atoms with E-state index in [0.29, 0.717) is 19.3 Å². The summed E-state index contributed by atoms with van der Waals surface area (Å²) in [7, 11) is 0. The predicted octanol–water partition coefficient (Wildman–Crippen LogP) is 23.2. The molecule has 0 aromatic heterocycles. The summed E-state index contributed by atoms with van der Waals surface area (Å²) < 4.78 is 17.0. The van der Waals surface area contributed by atoms with Gasteiger partial charge in [-0.2, -0.15) is 0 Å². The highest BCUT2D eigenvalue weighted by atomic mass is 16.6. The van der Waals surface area contributed by atoms with Crippen LogP contribution in [0.4, 0.5) is 0 Å². The summed E-state index contributed by atoms with van der Waals surface area (Å²) in [6.07, 6.45) is 76.6. The van der Waals surface area contributed by atoms with Gasteiger partial charge in [0.15, 0.2) is 6.10 Å². The first-order valence-electron chi connectivity index (χ1n) is 34.2. The molecule has 0 fully saturated rings. The first-order chi connectivity index (χ1) is 37.0. The molecule has 0 aliphatic rings. The van der Waals surface area contributed by atoms with Crippen LogP contribution in [-0.2, 0) is 28.6 Å². The Hall–Kier alpha value is -1.85. The van der Waals surface area contributed by atoms with Crippen LogP contribution in [0.25, 0.3) is 0 Å². The van der Waals surface area contributed by atoms with Gasteiger partial charge in [-0.25, -0.2) is 0 Å². The van der Waals surface area contributed by atoms with Gasteiger partial charge in [-0.1, -0.05) is 341 Å². The topological polar surface area (TPSA) is 78.9 Å². The summed E-state index contributed by atoms with van der Waals surface area (Å²) in [6.45, 7) is 6.72. The molecule has 0 radical (unpaired) electrons. The molecule has 1 atom stereocenters. The van der Waals surface area contributed by atoms with E-state index in [0.717, 1.165) is 57.8 Å². The van der Waals surface area contributed by atoms with Crippen molar-refractivity contribution in [3.8, 4) is 0 Å². The fourth-order valence-electron chi connectivity index (χ4n) is 10.6. The molecule has 0 heterocycles.